The highest BCUT2D eigenvalue weighted by Crippen LogP contribution is 2.46. The van der Waals surface area contributed by atoms with Crippen LogP contribution in [0.15, 0.2) is 40.7 Å². The van der Waals surface area contributed by atoms with Crippen LogP contribution in [0.5, 0.6) is 17.5 Å². The van der Waals surface area contributed by atoms with E-state index < -0.39 is 46.7 Å². The van der Waals surface area contributed by atoms with E-state index in [1.165, 1.54) is 54.7 Å². The van der Waals surface area contributed by atoms with Crippen molar-refractivity contribution < 1.29 is 33.3 Å². The van der Waals surface area contributed by atoms with E-state index in [0.29, 0.717) is 0 Å². The second kappa shape index (κ2) is 8.22. The van der Waals surface area contributed by atoms with E-state index in [1.54, 1.807) is 0 Å². The third kappa shape index (κ3) is 4.43. The highest BCUT2D eigenvalue weighted by Gasteiger charge is 2.38. The molecule has 2 aromatic heterocycles. The summed E-state index contributed by atoms with van der Waals surface area (Å²) in [6.07, 6.45) is -4.85. The van der Waals surface area contributed by atoms with Gasteiger partial charge in [0, 0.05) is 14.1 Å². The lowest BCUT2D eigenvalue weighted by molar-refractivity contribution is -0.0578. The zero-order valence-electron chi connectivity index (χ0n) is 16.2. The van der Waals surface area contributed by atoms with Crippen molar-refractivity contribution in [3.05, 3.63) is 46.2 Å². The van der Waals surface area contributed by atoms with Crippen molar-refractivity contribution in [1.29, 1.82) is 0 Å². The summed E-state index contributed by atoms with van der Waals surface area (Å²) in [5.41, 5.74) is -2.49. The van der Waals surface area contributed by atoms with Crippen LogP contribution in [-0.4, -0.2) is 57.1 Å². The molecule has 0 aliphatic rings. The van der Waals surface area contributed by atoms with Gasteiger partial charge in [-0.05, 0) is 23.6 Å². The fourth-order valence-corrected chi connectivity index (χ4v) is 3.40. The van der Waals surface area contributed by atoms with E-state index in [9.17, 15) is 33.3 Å². The summed E-state index contributed by atoms with van der Waals surface area (Å²) >= 11 is 0.802. The Balaban J connectivity index is 2.10. The monoisotopic (exact) mass is 454 g/mol. The number of phenolic OH excluding ortho intramolecular Hbond substituents is 1. The number of aliphatic imine (C=N–C) groups is 1. The van der Waals surface area contributed by atoms with Crippen molar-refractivity contribution in [2.75, 3.05) is 19.4 Å². The average molecular weight is 454 g/mol. The summed E-state index contributed by atoms with van der Waals surface area (Å²) in [4.78, 5) is 18.9. The van der Waals surface area contributed by atoms with E-state index in [4.69, 9.17) is 0 Å². The highest BCUT2D eigenvalue weighted by molar-refractivity contribution is 7.12. The molecule has 1 amide bonds. The molecule has 0 saturated heterocycles. The zero-order chi connectivity index (χ0) is 22.9. The minimum absolute atomic E-state index is 0.0751. The Morgan fingerprint density at radius 2 is 1.84 bits per heavy atom. The van der Waals surface area contributed by atoms with Crippen LogP contribution in [-0.2, 0) is 0 Å². The maximum atomic E-state index is 13.6. The topological polar surface area (TPSA) is 121 Å². The molecule has 0 spiro atoms. The first-order chi connectivity index (χ1) is 14.5. The number of nitrogens with zero attached hydrogens (tertiary/aromatic N) is 2. The number of amides is 1. The van der Waals surface area contributed by atoms with Gasteiger partial charge in [0.2, 0.25) is 11.8 Å². The molecule has 164 valence electrons. The Morgan fingerprint density at radius 3 is 2.42 bits per heavy atom. The molecule has 0 unspecified atom stereocenters. The van der Waals surface area contributed by atoms with E-state index in [1.807, 2.05) is 0 Å². The number of nitrogens with one attached hydrogen (secondary N) is 2. The van der Waals surface area contributed by atoms with Crippen LogP contribution in [0.3, 0.4) is 0 Å². The molecule has 0 bridgehead atoms. The van der Waals surface area contributed by atoms with Crippen molar-refractivity contribution in [2.45, 2.75) is 6.18 Å². The number of aromatic hydroxyl groups is 3. The summed E-state index contributed by atoms with van der Waals surface area (Å²) in [6, 6.07) is 6.76. The number of aromatic nitrogens is 1. The largest absolute Gasteiger partial charge is 0.505 e. The van der Waals surface area contributed by atoms with Gasteiger partial charge in [0.25, 0.3) is 5.91 Å². The van der Waals surface area contributed by atoms with Gasteiger partial charge >= 0.3 is 6.18 Å². The fraction of sp³-hybridized carbons (Fsp3) is 0.158. The third-order valence-corrected chi connectivity index (χ3v) is 4.99. The minimum atomic E-state index is -4.85. The molecular weight excluding hydrogens is 437 g/mol. The second-order valence-corrected chi connectivity index (χ2v) is 7.46. The van der Waals surface area contributed by atoms with Gasteiger partial charge < -0.3 is 25.5 Å². The van der Waals surface area contributed by atoms with Gasteiger partial charge in [-0.1, -0.05) is 12.1 Å². The molecule has 8 nitrogen and oxygen atoms in total. The molecule has 31 heavy (non-hydrogen) atoms. The van der Waals surface area contributed by atoms with E-state index in [2.05, 4.69) is 15.3 Å². The van der Waals surface area contributed by atoms with E-state index >= 15 is 0 Å². The number of hydrogen-bond acceptors (Lipinski definition) is 7. The number of anilines is 2. The molecule has 0 radical (unpaired) electrons. The second-order valence-electron chi connectivity index (χ2n) is 6.51. The normalized spacial score (nSPS) is 12.1. The van der Waals surface area contributed by atoms with Crippen LogP contribution in [0.4, 0.5) is 30.2 Å². The summed E-state index contributed by atoms with van der Waals surface area (Å²) in [6.45, 7) is 0. The molecule has 0 aliphatic carbocycles. The predicted molar refractivity (Wildman–Crippen MR) is 110 cm³/mol. The number of phenols is 1. The Morgan fingerprint density at radius 1 is 1.13 bits per heavy atom. The van der Waals surface area contributed by atoms with Crippen LogP contribution in [0.25, 0.3) is 0 Å². The van der Waals surface area contributed by atoms with E-state index in [-0.39, 0.29) is 16.1 Å². The lowest BCUT2D eigenvalue weighted by Crippen LogP contribution is -2.22. The van der Waals surface area contributed by atoms with Crippen LogP contribution >= 0.6 is 11.3 Å². The van der Waals surface area contributed by atoms with Gasteiger partial charge in [-0.25, -0.2) is 4.99 Å². The van der Waals surface area contributed by atoms with Crippen LogP contribution < -0.4 is 5.32 Å². The molecular formula is C19H17F3N4O4S. The van der Waals surface area contributed by atoms with Crippen molar-refractivity contribution in [2.24, 2.45) is 4.99 Å². The van der Waals surface area contributed by atoms with Gasteiger partial charge in [0.1, 0.15) is 5.69 Å². The van der Waals surface area contributed by atoms with Gasteiger partial charge in [0.15, 0.2) is 17.1 Å². The summed E-state index contributed by atoms with van der Waals surface area (Å²) < 4.78 is 40.7. The maximum absolute atomic E-state index is 13.6. The number of H-pyrrole nitrogens is 1. The molecule has 1 aromatic carbocycles. The Hall–Kier alpha value is -3.67. The molecule has 0 aliphatic heterocycles. The van der Waals surface area contributed by atoms with Gasteiger partial charge in [0.05, 0.1) is 16.1 Å². The SMILES string of the molecule is CN(C)C(=O)c1cccc(Nc2c(O)[nH]c(O)c2N=C(c2cccs2)C(F)(F)F)c1O. The molecule has 5 N–H and O–H groups in total. The first-order valence-electron chi connectivity index (χ1n) is 8.65. The number of carbonyl (C=O) groups is 1. The summed E-state index contributed by atoms with van der Waals surface area (Å²) in [5.74, 6) is -2.55. The number of thiophene rings is 1. The van der Waals surface area contributed by atoms with Gasteiger partial charge in [-0.3, -0.25) is 9.78 Å². The number of halogens is 3. The number of aromatic amines is 1. The molecule has 0 saturated carbocycles. The average Bonchev–Trinajstić information content (AvgIpc) is 3.28. The molecule has 2 heterocycles. The fourth-order valence-electron chi connectivity index (χ4n) is 2.67. The number of alkyl halides is 3. The summed E-state index contributed by atoms with van der Waals surface area (Å²) in [7, 11) is 2.96. The van der Waals surface area contributed by atoms with Crippen LogP contribution in [0, 0.1) is 0 Å². The molecule has 12 heteroatoms. The standard InChI is InChI=1S/C19H17F3N4O4S/c1-26(2)18(30)9-5-3-6-10(14(9)27)23-12-13(17(29)25-16(12)28)24-15(19(20,21)22)11-7-4-8-31-11/h3-8,23,25,27-29H,1-2H3. The molecule has 0 atom stereocenters. The van der Waals surface area contributed by atoms with Crippen LogP contribution in [0.1, 0.15) is 15.2 Å². The van der Waals surface area contributed by atoms with Crippen LogP contribution in [0.2, 0.25) is 0 Å². The first kappa shape index (κ1) is 22.0. The number of hydrogen-bond donors (Lipinski definition) is 5. The maximum Gasteiger partial charge on any atom is 0.434 e. The lowest BCUT2D eigenvalue weighted by Gasteiger charge is -2.15. The number of benzene rings is 1. The van der Waals surface area contributed by atoms with Gasteiger partial charge in [-0.2, -0.15) is 13.2 Å². The Bertz CT molecular complexity index is 1140. The Kier molecular flexibility index (Phi) is 5.84. The molecule has 0 fully saturated rings. The van der Waals surface area contributed by atoms with Gasteiger partial charge in [-0.15, -0.1) is 11.3 Å². The minimum Gasteiger partial charge on any atom is -0.505 e. The quantitative estimate of drug-likeness (QED) is 0.290. The van der Waals surface area contributed by atoms with E-state index in [0.717, 1.165) is 11.3 Å². The van der Waals surface area contributed by atoms with Crippen molar-refractivity contribution in [3.8, 4) is 17.5 Å². The summed E-state index contributed by atoms with van der Waals surface area (Å²) in [5, 5.41) is 34.5. The van der Waals surface area contributed by atoms with Crippen molar-refractivity contribution in [3.63, 3.8) is 0 Å². The number of rotatable bonds is 5. The molecule has 3 rings (SSSR count). The van der Waals surface area contributed by atoms with Crippen molar-refractivity contribution in [1.82, 2.24) is 9.88 Å². The smallest absolute Gasteiger partial charge is 0.434 e. The predicted octanol–water partition coefficient (Wildman–Crippen LogP) is 4.32. The Labute approximate surface area is 177 Å². The first-order valence-corrected chi connectivity index (χ1v) is 9.53. The lowest BCUT2D eigenvalue weighted by atomic mass is 10.1. The van der Waals surface area contributed by atoms with Crippen molar-refractivity contribution >= 4 is 40.0 Å². The molecule has 3 aromatic rings. The zero-order valence-corrected chi connectivity index (χ0v) is 17.0. The number of para-hydroxylation sites is 1. The third-order valence-electron chi connectivity index (χ3n) is 4.11. The number of carbonyl (C=O) groups excluding carboxylic acids is 1. The highest BCUT2D eigenvalue weighted by atomic mass is 32.1.